The number of ether oxygens (including phenoxy) is 2. The molecule has 3 heterocycles. The fraction of sp³-hybridized carbons (Fsp3) is 0.368. The molecule has 1 aromatic carbocycles. The Bertz CT molecular complexity index is 975. The van der Waals surface area contributed by atoms with Crippen LogP contribution < -0.4 is 20.9 Å². The lowest BCUT2D eigenvalue weighted by atomic mass is 9.92. The summed E-state index contributed by atoms with van der Waals surface area (Å²) >= 11 is 0. The summed E-state index contributed by atoms with van der Waals surface area (Å²) < 4.78 is 13.2. The van der Waals surface area contributed by atoms with E-state index in [1.54, 1.807) is 0 Å². The molecule has 26 heavy (non-hydrogen) atoms. The highest BCUT2D eigenvalue weighted by molar-refractivity contribution is 6.01. The Hall–Kier alpha value is -2.80. The summed E-state index contributed by atoms with van der Waals surface area (Å²) in [6.45, 7) is 0.258. The van der Waals surface area contributed by atoms with Crippen molar-refractivity contribution in [1.29, 1.82) is 0 Å². The van der Waals surface area contributed by atoms with Crippen molar-refractivity contribution in [2.24, 2.45) is 5.73 Å². The fourth-order valence-electron chi connectivity index (χ4n) is 4.05. The zero-order valence-corrected chi connectivity index (χ0v) is 14.4. The van der Waals surface area contributed by atoms with Gasteiger partial charge in [0.25, 0.3) is 0 Å². The van der Waals surface area contributed by atoms with E-state index in [-0.39, 0.29) is 6.79 Å². The summed E-state index contributed by atoms with van der Waals surface area (Å²) in [5, 5.41) is 0.890. The minimum absolute atomic E-state index is 0.258. The standard InChI is InChI=1S/C19H21N5O2/c20-12-2-4-13(5-3-12)24-8-14(17-18(21)22-9-23-19(17)24)11-1-6-15-16(7-11)26-10-25-15/h1,6-9,12-13H,2-5,10,20H2,(H2,21,22,23). The quantitative estimate of drug-likeness (QED) is 0.736. The molecule has 1 aliphatic carbocycles. The first-order valence-electron chi connectivity index (χ1n) is 8.97. The van der Waals surface area contributed by atoms with Crippen LogP contribution in [0.2, 0.25) is 0 Å². The summed E-state index contributed by atoms with van der Waals surface area (Å²) in [6.07, 6.45) is 7.85. The van der Waals surface area contributed by atoms with Gasteiger partial charge in [0.2, 0.25) is 6.79 Å². The molecule has 0 spiro atoms. The van der Waals surface area contributed by atoms with Crippen molar-refractivity contribution < 1.29 is 9.47 Å². The molecule has 3 aromatic rings. The van der Waals surface area contributed by atoms with E-state index in [0.29, 0.717) is 17.9 Å². The first-order valence-corrected chi connectivity index (χ1v) is 8.97. The molecule has 1 fully saturated rings. The molecule has 0 radical (unpaired) electrons. The summed E-state index contributed by atoms with van der Waals surface area (Å²) in [7, 11) is 0. The maximum absolute atomic E-state index is 6.23. The predicted molar refractivity (Wildman–Crippen MR) is 99.0 cm³/mol. The van der Waals surface area contributed by atoms with Crippen LogP contribution in [0.1, 0.15) is 31.7 Å². The zero-order chi connectivity index (χ0) is 17.7. The second kappa shape index (κ2) is 5.88. The number of nitrogens with two attached hydrogens (primary N) is 2. The van der Waals surface area contributed by atoms with Crippen LogP contribution in [-0.4, -0.2) is 27.4 Å². The maximum Gasteiger partial charge on any atom is 0.231 e. The number of hydrogen-bond acceptors (Lipinski definition) is 6. The number of fused-ring (bicyclic) bond motifs is 2. The van der Waals surface area contributed by atoms with Gasteiger partial charge in [-0.2, -0.15) is 0 Å². The van der Waals surface area contributed by atoms with Crippen LogP contribution in [0, 0.1) is 0 Å². The number of rotatable bonds is 2. The molecule has 7 nitrogen and oxygen atoms in total. The predicted octanol–water partition coefficient (Wildman–Crippen LogP) is 2.85. The summed E-state index contributed by atoms with van der Waals surface area (Å²) in [6, 6.07) is 6.64. The fourth-order valence-corrected chi connectivity index (χ4v) is 4.05. The van der Waals surface area contributed by atoms with Gasteiger partial charge in [-0.3, -0.25) is 0 Å². The molecule has 0 unspecified atom stereocenters. The van der Waals surface area contributed by atoms with Gasteiger partial charge in [-0.15, -0.1) is 0 Å². The van der Waals surface area contributed by atoms with Crippen molar-refractivity contribution in [3.8, 4) is 22.6 Å². The van der Waals surface area contributed by atoms with E-state index >= 15 is 0 Å². The third kappa shape index (κ3) is 2.39. The average Bonchev–Trinajstić information content (AvgIpc) is 3.27. The van der Waals surface area contributed by atoms with Gasteiger partial charge < -0.3 is 25.5 Å². The molecule has 1 saturated carbocycles. The summed E-state index contributed by atoms with van der Waals surface area (Å²) in [5.74, 6) is 2.01. The largest absolute Gasteiger partial charge is 0.454 e. The van der Waals surface area contributed by atoms with Gasteiger partial charge in [-0.05, 0) is 43.4 Å². The normalized spacial score (nSPS) is 22.0. The van der Waals surface area contributed by atoms with Gasteiger partial charge in [0.15, 0.2) is 11.5 Å². The molecule has 0 saturated heterocycles. The van der Waals surface area contributed by atoms with Crippen molar-refractivity contribution in [2.75, 3.05) is 12.5 Å². The number of anilines is 1. The Morgan fingerprint density at radius 1 is 1.04 bits per heavy atom. The second-order valence-electron chi connectivity index (χ2n) is 7.04. The molecule has 2 aromatic heterocycles. The van der Waals surface area contributed by atoms with Crippen LogP contribution in [0.3, 0.4) is 0 Å². The second-order valence-corrected chi connectivity index (χ2v) is 7.04. The van der Waals surface area contributed by atoms with Gasteiger partial charge in [-0.1, -0.05) is 6.07 Å². The van der Waals surface area contributed by atoms with Crippen LogP contribution >= 0.6 is 0 Å². The number of hydrogen-bond donors (Lipinski definition) is 2. The van der Waals surface area contributed by atoms with Crippen molar-refractivity contribution in [3.63, 3.8) is 0 Å². The highest BCUT2D eigenvalue weighted by Gasteiger charge is 2.25. The van der Waals surface area contributed by atoms with E-state index in [1.165, 1.54) is 6.33 Å². The maximum atomic E-state index is 6.23. The van der Waals surface area contributed by atoms with Crippen molar-refractivity contribution in [2.45, 2.75) is 37.8 Å². The van der Waals surface area contributed by atoms with E-state index in [1.807, 2.05) is 18.2 Å². The molecular formula is C19H21N5O2. The Balaban J connectivity index is 1.66. The van der Waals surface area contributed by atoms with Gasteiger partial charge >= 0.3 is 0 Å². The number of aromatic nitrogens is 3. The Labute approximate surface area is 150 Å². The van der Waals surface area contributed by atoms with Gasteiger partial charge in [0.05, 0.1) is 5.39 Å². The molecule has 134 valence electrons. The zero-order valence-electron chi connectivity index (χ0n) is 14.4. The van der Waals surface area contributed by atoms with Crippen LogP contribution in [0.25, 0.3) is 22.2 Å². The monoisotopic (exact) mass is 351 g/mol. The lowest BCUT2D eigenvalue weighted by Crippen LogP contribution is -2.27. The molecular weight excluding hydrogens is 330 g/mol. The smallest absolute Gasteiger partial charge is 0.231 e. The number of nitrogens with zero attached hydrogens (tertiary/aromatic N) is 3. The third-order valence-corrected chi connectivity index (χ3v) is 5.46. The molecule has 5 rings (SSSR count). The molecule has 7 heteroatoms. The first-order chi connectivity index (χ1) is 12.7. The van der Waals surface area contributed by atoms with E-state index < -0.39 is 0 Å². The summed E-state index contributed by atoms with van der Waals surface area (Å²) in [5.41, 5.74) is 15.2. The molecule has 4 N–H and O–H groups in total. The lowest BCUT2D eigenvalue weighted by molar-refractivity contribution is 0.174. The Morgan fingerprint density at radius 3 is 2.69 bits per heavy atom. The first kappa shape index (κ1) is 15.5. The molecule has 0 bridgehead atoms. The minimum atomic E-state index is 0.258. The van der Waals surface area contributed by atoms with Crippen LogP contribution in [0.4, 0.5) is 5.82 Å². The van der Waals surface area contributed by atoms with Gasteiger partial charge in [-0.25, -0.2) is 9.97 Å². The highest BCUT2D eigenvalue weighted by atomic mass is 16.7. The molecule has 0 amide bonds. The van der Waals surface area contributed by atoms with Crippen LogP contribution in [0.15, 0.2) is 30.7 Å². The minimum Gasteiger partial charge on any atom is -0.454 e. The Kier molecular flexibility index (Phi) is 3.49. The molecule has 1 aliphatic heterocycles. The lowest BCUT2D eigenvalue weighted by Gasteiger charge is -2.27. The van der Waals surface area contributed by atoms with E-state index in [0.717, 1.165) is 59.3 Å². The Morgan fingerprint density at radius 2 is 1.85 bits per heavy atom. The van der Waals surface area contributed by atoms with Crippen LogP contribution in [0.5, 0.6) is 11.5 Å². The number of benzene rings is 1. The van der Waals surface area contributed by atoms with Gasteiger partial charge in [0, 0.05) is 23.8 Å². The van der Waals surface area contributed by atoms with E-state index in [4.69, 9.17) is 20.9 Å². The molecule has 0 atom stereocenters. The van der Waals surface area contributed by atoms with Crippen LogP contribution in [-0.2, 0) is 0 Å². The highest BCUT2D eigenvalue weighted by Crippen LogP contribution is 2.41. The van der Waals surface area contributed by atoms with E-state index in [2.05, 4.69) is 20.7 Å². The molecule has 2 aliphatic rings. The van der Waals surface area contributed by atoms with Crippen molar-refractivity contribution in [3.05, 3.63) is 30.7 Å². The number of nitrogen functional groups attached to an aromatic ring is 1. The van der Waals surface area contributed by atoms with Gasteiger partial charge in [0.1, 0.15) is 17.8 Å². The SMILES string of the molecule is Nc1ncnc2c1c(-c1ccc3c(c1)OCO3)cn2C1CCC(N)CC1. The average molecular weight is 351 g/mol. The van der Waals surface area contributed by atoms with Crippen molar-refractivity contribution in [1.82, 2.24) is 14.5 Å². The van der Waals surface area contributed by atoms with E-state index in [9.17, 15) is 0 Å². The third-order valence-electron chi connectivity index (χ3n) is 5.46. The van der Waals surface area contributed by atoms with Crippen molar-refractivity contribution >= 4 is 16.9 Å². The summed E-state index contributed by atoms with van der Waals surface area (Å²) in [4.78, 5) is 8.75. The topological polar surface area (TPSA) is 101 Å².